The zero-order valence-corrected chi connectivity index (χ0v) is 16.2. The number of ether oxygens (including phenoxy) is 2. The number of hydrogen-bond donors (Lipinski definition) is 0. The van der Waals surface area contributed by atoms with Crippen LogP contribution in [0.4, 0.5) is 0 Å². The molecule has 28 heavy (non-hydrogen) atoms. The summed E-state index contributed by atoms with van der Waals surface area (Å²) < 4.78 is 15.8. The van der Waals surface area contributed by atoms with Gasteiger partial charge in [0.2, 0.25) is 0 Å². The molecule has 146 valence electrons. The highest BCUT2D eigenvalue weighted by Crippen LogP contribution is 2.23. The van der Waals surface area contributed by atoms with Gasteiger partial charge >= 0.3 is 5.97 Å². The number of benzene rings is 2. The van der Waals surface area contributed by atoms with Crippen LogP contribution in [0.2, 0.25) is 0 Å². The molecule has 3 rings (SSSR count). The van der Waals surface area contributed by atoms with Crippen LogP contribution in [-0.4, -0.2) is 37.5 Å². The van der Waals surface area contributed by atoms with E-state index in [-0.39, 0.29) is 18.9 Å². The van der Waals surface area contributed by atoms with Crippen LogP contribution in [0.3, 0.4) is 0 Å². The molecule has 0 saturated carbocycles. The van der Waals surface area contributed by atoms with Gasteiger partial charge in [0.1, 0.15) is 11.3 Å². The van der Waals surface area contributed by atoms with Gasteiger partial charge < -0.3 is 18.8 Å². The zero-order valence-electron chi connectivity index (χ0n) is 16.2. The van der Waals surface area contributed by atoms with Crippen molar-refractivity contribution < 1.29 is 23.5 Å². The van der Waals surface area contributed by atoms with E-state index in [9.17, 15) is 9.59 Å². The number of furan rings is 1. The number of esters is 1. The smallest absolute Gasteiger partial charge is 0.310 e. The maximum Gasteiger partial charge on any atom is 0.310 e. The summed E-state index contributed by atoms with van der Waals surface area (Å²) in [4.78, 5) is 25.9. The van der Waals surface area contributed by atoms with E-state index in [0.717, 1.165) is 33.4 Å². The van der Waals surface area contributed by atoms with Crippen LogP contribution in [0.15, 0.2) is 53.1 Å². The molecule has 1 aromatic heterocycles. The molecule has 0 fully saturated rings. The third-order valence-corrected chi connectivity index (χ3v) is 4.48. The van der Waals surface area contributed by atoms with E-state index in [1.54, 1.807) is 20.4 Å². The van der Waals surface area contributed by atoms with E-state index in [2.05, 4.69) is 0 Å². The summed E-state index contributed by atoms with van der Waals surface area (Å²) in [6.45, 7) is 2.08. The first-order valence-corrected chi connectivity index (χ1v) is 8.95. The fraction of sp³-hybridized carbons (Fsp3) is 0.273. The molecule has 0 aliphatic carbocycles. The first-order valence-electron chi connectivity index (χ1n) is 8.95. The first-order chi connectivity index (χ1) is 13.5. The second-order valence-corrected chi connectivity index (χ2v) is 6.70. The van der Waals surface area contributed by atoms with E-state index in [0.29, 0.717) is 6.54 Å². The fourth-order valence-corrected chi connectivity index (χ4v) is 2.92. The van der Waals surface area contributed by atoms with E-state index in [1.165, 1.54) is 4.90 Å². The summed E-state index contributed by atoms with van der Waals surface area (Å²) in [6.07, 6.45) is 1.62. The van der Waals surface area contributed by atoms with Crippen LogP contribution in [0, 0.1) is 6.92 Å². The third kappa shape index (κ3) is 4.71. The van der Waals surface area contributed by atoms with Gasteiger partial charge in [0.15, 0.2) is 6.61 Å². The van der Waals surface area contributed by atoms with Crippen molar-refractivity contribution in [1.82, 2.24) is 4.90 Å². The Morgan fingerprint density at radius 2 is 1.96 bits per heavy atom. The number of likely N-dealkylation sites (N-methyl/N-ethyl adjacent to an activating group) is 1. The average molecular weight is 381 g/mol. The maximum absolute atomic E-state index is 12.3. The van der Waals surface area contributed by atoms with Gasteiger partial charge in [0, 0.05) is 24.5 Å². The Labute approximate surface area is 163 Å². The zero-order chi connectivity index (χ0) is 20.1. The molecule has 0 aliphatic heterocycles. The minimum absolute atomic E-state index is 0.0585. The lowest BCUT2D eigenvalue weighted by Crippen LogP contribution is -2.31. The lowest BCUT2D eigenvalue weighted by atomic mass is 10.1. The molecule has 0 saturated heterocycles. The molecule has 0 unspecified atom stereocenters. The van der Waals surface area contributed by atoms with Crippen molar-refractivity contribution in [2.75, 3.05) is 20.8 Å². The average Bonchev–Trinajstić information content (AvgIpc) is 3.07. The lowest BCUT2D eigenvalue weighted by Gasteiger charge is -2.17. The predicted molar refractivity (Wildman–Crippen MR) is 105 cm³/mol. The number of methoxy groups -OCH3 is 1. The third-order valence-electron chi connectivity index (χ3n) is 4.48. The van der Waals surface area contributed by atoms with E-state index in [4.69, 9.17) is 13.9 Å². The lowest BCUT2D eigenvalue weighted by molar-refractivity contribution is -0.151. The monoisotopic (exact) mass is 381 g/mol. The Bertz CT molecular complexity index is 992. The minimum atomic E-state index is -0.466. The van der Waals surface area contributed by atoms with Crippen LogP contribution in [0.1, 0.15) is 16.7 Å². The number of carbonyl (C=O) groups is 2. The molecule has 2 aromatic carbocycles. The van der Waals surface area contributed by atoms with Crippen LogP contribution >= 0.6 is 0 Å². The highest BCUT2D eigenvalue weighted by molar-refractivity contribution is 5.87. The SMILES string of the molecule is COc1cccc(CN(C)C(=O)COC(=O)Cc2coc3cc(C)ccc23)c1. The van der Waals surface area contributed by atoms with Gasteiger partial charge in [-0.05, 0) is 36.2 Å². The number of aryl methyl sites for hydroxylation is 1. The minimum Gasteiger partial charge on any atom is -0.497 e. The fourth-order valence-electron chi connectivity index (χ4n) is 2.92. The Hall–Kier alpha value is -3.28. The van der Waals surface area contributed by atoms with Gasteiger partial charge in [-0.1, -0.05) is 24.3 Å². The van der Waals surface area contributed by atoms with Crippen LogP contribution in [0.25, 0.3) is 11.0 Å². The van der Waals surface area contributed by atoms with Crippen molar-refractivity contribution in [3.05, 3.63) is 65.4 Å². The van der Waals surface area contributed by atoms with E-state index < -0.39 is 5.97 Å². The molecular weight excluding hydrogens is 358 g/mol. The summed E-state index contributed by atoms with van der Waals surface area (Å²) in [5.74, 6) is -0.0115. The molecule has 0 N–H and O–H groups in total. The standard InChI is InChI=1S/C22H23NO5/c1-15-7-8-19-17(13-27-20(19)9-15)11-22(25)28-14-21(24)23(2)12-16-5-4-6-18(10-16)26-3/h4-10,13H,11-12,14H2,1-3H3. The molecular formula is C22H23NO5. The first kappa shape index (κ1) is 19.5. The Kier molecular flexibility index (Phi) is 5.99. The summed E-state index contributed by atoms with van der Waals surface area (Å²) in [6, 6.07) is 13.3. The predicted octanol–water partition coefficient (Wildman–Crippen LogP) is 3.49. The number of hydrogen-bond acceptors (Lipinski definition) is 5. The van der Waals surface area contributed by atoms with Crippen molar-refractivity contribution in [2.45, 2.75) is 19.9 Å². The van der Waals surface area contributed by atoms with Crippen LogP contribution < -0.4 is 4.74 Å². The van der Waals surface area contributed by atoms with Gasteiger partial charge in [0.25, 0.3) is 5.91 Å². The maximum atomic E-state index is 12.3. The Morgan fingerprint density at radius 1 is 1.14 bits per heavy atom. The van der Waals surface area contributed by atoms with Crippen LogP contribution in [0.5, 0.6) is 5.75 Å². The summed E-state index contributed by atoms with van der Waals surface area (Å²) in [5.41, 5.74) is 3.50. The van der Waals surface area contributed by atoms with Crippen molar-refractivity contribution in [1.29, 1.82) is 0 Å². The largest absolute Gasteiger partial charge is 0.497 e. The van der Waals surface area contributed by atoms with Crippen molar-refractivity contribution in [3.63, 3.8) is 0 Å². The number of fused-ring (bicyclic) bond motifs is 1. The summed E-state index contributed by atoms with van der Waals surface area (Å²) in [7, 11) is 3.26. The Balaban J connectivity index is 1.52. The van der Waals surface area contributed by atoms with Crippen molar-refractivity contribution >= 4 is 22.8 Å². The van der Waals surface area contributed by atoms with Gasteiger partial charge in [-0.2, -0.15) is 0 Å². The highest BCUT2D eigenvalue weighted by Gasteiger charge is 2.15. The quantitative estimate of drug-likeness (QED) is 0.586. The second-order valence-electron chi connectivity index (χ2n) is 6.70. The van der Waals surface area contributed by atoms with Crippen molar-refractivity contribution in [2.24, 2.45) is 0 Å². The number of carbonyl (C=O) groups excluding carboxylic acids is 2. The molecule has 3 aromatic rings. The van der Waals surface area contributed by atoms with Gasteiger partial charge in [-0.3, -0.25) is 9.59 Å². The van der Waals surface area contributed by atoms with Gasteiger partial charge in [0.05, 0.1) is 19.8 Å². The normalized spacial score (nSPS) is 10.7. The topological polar surface area (TPSA) is 69.0 Å². The molecule has 6 heteroatoms. The molecule has 1 amide bonds. The second kappa shape index (κ2) is 8.61. The number of amides is 1. The van der Waals surface area contributed by atoms with Crippen LogP contribution in [-0.2, 0) is 27.3 Å². The number of nitrogens with zero attached hydrogens (tertiary/aromatic N) is 1. The molecule has 1 heterocycles. The van der Waals surface area contributed by atoms with E-state index >= 15 is 0 Å². The summed E-state index contributed by atoms with van der Waals surface area (Å²) in [5, 5.41) is 0.879. The summed E-state index contributed by atoms with van der Waals surface area (Å²) >= 11 is 0. The van der Waals surface area contributed by atoms with E-state index in [1.807, 2.05) is 49.4 Å². The highest BCUT2D eigenvalue weighted by atomic mass is 16.5. The Morgan fingerprint density at radius 3 is 2.75 bits per heavy atom. The molecule has 0 spiro atoms. The molecule has 0 bridgehead atoms. The molecule has 0 atom stereocenters. The molecule has 6 nitrogen and oxygen atoms in total. The molecule has 0 radical (unpaired) electrons. The molecule has 0 aliphatic rings. The van der Waals surface area contributed by atoms with Gasteiger partial charge in [-0.25, -0.2) is 0 Å². The van der Waals surface area contributed by atoms with Crippen molar-refractivity contribution in [3.8, 4) is 5.75 Å². The van der Waals surface area contributed by atoms with Gasteiger partial charge in [-0.15, -0.1) is 0 Å². The number of rotatable bonds is 7.